The molecule has 2 aromatic rings. The van der Waals surface area contributed by atoms with Gasteiger partial charge in [-0.2, -0.15) is 0 Å². The summed E-state index contributed by atoms with van der Waals surface area (Å²) in [5.74, 6) is -0.580. The first kappa shape index (κ1) is 23.5. The molecule has 0 aromatic heterocycles. The van der Waals surface area contributed by atoms with Crippen LogP contribution in [0.2, 0.25) is 0 Å². The number of ether oxygens (including phenoxy) is 1. The van der Waals surface area contributed by atoms with Crippen molar-refractivity contribution in [3.63, 3.8) is 0 Å². The van der Waals surface area contributed by atoms with Gasteiger partial charge in [0, 0.05) is 30.4 Å². The molecule has 0 radical (unpaired) electrons. The van der Waals surface area contributed by atoms with Gasteiger partial charge < -0.3 is 15.4 Å². The Balaban J connectivity index is 1.49. The molecule has 0 aliphatic heterocycles. The van der Waals surface area contributed by atoms with Gasteiger partial charge in [0.15, 0.2) is 0 Å². The summed E-state index contributed by atoms with van der Waals surface area (Å²) in [5, 5.41) is 5.87. The smallest absolute Gasteiger partial charge is 0.338 e. The van der Waals surface area contributed by atoms with Crippen LogP contribution in [0.4, 0.5) is 11.4 Å². The number of nitrogens with one attached hydrogen (secondary N) is 2. The molecule has 7 heteroatoms. The third kappa shape index (κ3) is 6.65. The van der Waals surface area contributed by atoms with Gasteiger partial charge in [-0.05, 0) is 69.0 Å². The fourth-order valence-electron chi connectivity index (χ4n) is 3.58. The normalized spacial score (nSPS) is 13.0. The highest BCUT2D eigenvalue weighted by molar-refractivity contribution is 5.94. The minimum atomic E-state index is -0.385. The van der Waals surface area contributed by atoms with E-state index in [1.807, 2.05) is 32.0 Å². The number of anilines is 2. The van der Waals surface area contributed by atoms with Gasteiger partial charge in [0.1, 0.15) is 0 Å². The van der Waals surface area contributed by atoms with Gasteiger partial charge in [0.25, 0.3) is 0 Å². The van der Waals surface area contributed by atoms with Gasteiger partial charge in [-0.3, -0.25) is 14.5 Å². The van der Waals surface area contributed by atoms with Crippen molar-refractivity contribution < 1.29 is 19.1 Å². The number of nitrogens with zero attached hydrogens (tertiary/aromatic N) is 1. The molecular weight excluding hydrogens is 406 g/mol. The van der Waals surface area contributed by atoms with E-state index in [-0.39, 0.29) is 30.7 Å². The lowest BCUT2D eigenvalue weighted by molar-refractivity contribution is -0.119. The maximum absolute atomic E-state index is 12.6. The summed E-state index contributed by atoms with van der Waals surface area (Å²) in [5.41, 5.74) is 3.99. The highest BCUT2D eigenvalue weighted by Gasteiger charge is 2.30. The van der Waals surface area contributed by atoms with Crippen LogP contribution in [-0.4, -0.2) is 48.4 Å². The van der Waals surface area contributed by atoms with E-state index >= 15 is 0 Å². The van der Waals surface area contributed by atoms with Crippen molar-refractivity contribution in [3.05, 3.63) is 59.2 Å². The van der Waals surface area contributed by atoms with Crippen LogP contribution in [0.1, 0.15) is 47.7 Å². The van der Waals surface area contributed by atoms with Gasteiger partial charge >= 0.3 is 5.97 Å². The molecule has 32 heavy (non-hydrogen) atoms. The molecule has 1 fully saturated rings. The summed E-state index contributed by atoms with van der Waals surface area (Å²) in [7, 11) is 0. The highest BCUT2D eigenvalue weighted by Crippen LogP contribution is 2.27. The maximum Gasteiger partial charge on any atom is 0.338 e. The van der Waals surface area contributed by atoms with Crippen molar-refractivity contribution in [1.29, 1.82) is 0 Å². The molecule has 1 aliphatic rings. The third-order valence-corrected chi connectivity index (χ3v) is 5.46. The van der Waals surface area contributed by atoms with Crippen LogP contribution in [0, 0.1) is 13.8 Å². The van der Waals surface area contributed by atoms with Gasteiger partial charge in [0.05, 0.1) is 18.7 Å². The Labute approximate surface area is 189 Å². The number of rotatable bonds is 10. The molecule has 0 spiro atoms. The second kappa shape index (κ2) is 10.9. The number of esters is 1. The van der Waals surface area contributed by atoms with Crippen LogP contribution in [-0.2, 0) is 14.3 Å². The quantitative estimate of drug-likeness (QED) is 0.550. The van der Waals surface area contributed by atoms with Gasteiger partial charge in [-0.15, -0.1) is 0 Å². The minimum Gasteiger partial charge on any atom is -0.462 e. The molecule has 0 unspecified atom stereocenters. The summed E-state index contributed by atoms with van der Waals surface area (Å²) in [6, 6.07) is 12.9. The Kier molecular flexibility index (Phi) is 8.00. The number of para-hydroxylation sites is 1. The first-order valence-electron chi connectivity index (χ1n) is 11.0. The first-order valence-corrected chi connectivity index (χ1v) is 11.0. The Morgan fingerprint density at radius 1 is 0.969 bits per heavy atom. The lowest BCUT2D eigenvalue weighted by Gasteiger charge is -2.22. The number of hydrogen-bond donors (Lipinski definition) is 2. The number of carbonyl (C=O) groups excluding carboxylic acids is 3. The van der Waals surface area contributed by atoms with Crippen LogP contribution in [0.25, 0.3) is 0 Å². The average molecular weight is 438 g/mol. The maximum atomic E-state index is 12.6. The molecule has 2 N–H and O–H groups in total. The molecule has 1 aliphatic carbocycles. The van der Waals surface area contributed by atoms with E-state index in [2.05, 4.69) is 15.5 Å². The van der Waals surface area contributed by atoms with Gasteiger partial charge in [-0.1, -0.05) is 18.2 Å². The third-order valence-electron chi connectivity index (χ3n) is 5.46. The molecule has 2 aromatic carbocycles. The number of benzene rings is 2. The van der Waals surface area contributed by atoms with Crippen LogP contribution in [0.5, 0.6) is 0 Å². The molecule has 0 heterocycles. The Hall–Kier alpha value is -3.19. The molecule has 0 atom stereocenters. The summed E-state index contributed by atoms with van der Waals surface area (Å²) in [6.07, 6.45) is 2.38. The second-order valence-electron chi connectivity index (χ2n) is 8.11. The Morgan fingerprint density at radius 2 is 1.62 bits per heavy atom. The Morgan fingerprint density at radius 3 is 2.22 bits per heavy atom. The van der Waals surface area contributed by atoms with E-state index in [1.54, 1.807) is 31.2 Å². The average Bonchev–Trinajstić information content (AvgIpc) is 3.60. The van der Waals surface area contributed by atoms with Gasteiger partial charge in [0.2, 0.25) is 11.8 Å². The molecule has 3 rings (SSSR count). The van der Waals surface area contributed by atoms with Crippen LogP contribution < -0.4 is 10.6 Å². The van der Waals surface area contributed by atoms with E-state index in [0.29, 0.717) is 30.4 Å². The molecule has 1 saturated carbocycles. The minimum absolute atomic E-state index is 0.0655. The molecule has 2 amide bonds. The number of aryl methyl sites for hydroxylation is 2. The zero-order valence-corrected chi connectivity index (χ0v) is 18.9. The molecule has 7 nitrogen and oxygen atoms in total. The SMILES string of the molecule is CCOC(=O)c1ccc(NC(=O)CCN(CC(=O)Nc2c(C)cccc2C)C2CC2)cc1. The van der Waals surface area contributed by atoms with Crippen LogP contribution in [0.15, 0.2) is 42.5 Å². The van der Waals surface area contributed by atoms with Crippen molar-refractivity contribution in [2.45, 2.75) is 46.1 Å². The van der Waals surface area contributed by atoms with Crippen LogP contribution >= 0.6 is 0 Å². The largest absolute Gasteiger partial charge is 0.462 e. The monoisotopic (exact) mass is 437 g/mol. The number of hydrogen-bond acceptors (Lipinski definition) is 5. The van der Waals surface area contributed by atoms with Crippen molar-refractivity contribution in [3.8, 4) is 0 Å². The topological polar surface area (TPSA) is 87.7 Å². The van der Waals surface area contributed by atoms with Crippen LogP contribution in [0.3, 0.4) is 0 Å². The predicted octanol–water partition coefficient (Wildman–Crippen LogP) is 3.91. The van der Waals surface area contributed by atoms with E-state index in [9.17, 15) is 14.4 Å². The molecule has 0 bridgehead atoms. The fraction of sp³-hybridized carbons (Fsp3) is 0.400. The van der Waals surface area contributed by atoms with E-state index in [4.69, 9.17) is 4.74 Å². The van der Waals surface area contributed by atoms with Crippen molar-refractivity contribution in [2.75, 3.05) is 30.3 Å². The summed E-state index contributed by atoms with van der Waals surface area (Å²) in [4.78, 5) is 38.8. The number of carbonyl (C=O) groups is 3. The predicted molar refractivity (Wildman–Crippen MR) is 125 cm³/mol. The zero-order chi connectivity index (χ0) is 23.1. The summed E-state index contributed by atoms with van der Waals surface area (Å²) >= 11 is 0. The van der Waals surface area contributed by atoms with Gasteiger partial charge in [-0.25, -0.2) is 4.79 Å². The lowest BCUT2D eigenvalue weighted by atomic mass is 10.1. The highest BCUT2D eigenvalue weighted by atomic mass is 16.5. The fourth-order valence-corrected chi connectivity index (χ4v) is 3.58. The summed E-state index contributed by atoms with van der Waals surface area (Å²) < 4.78 is 4.96. The molecule has 170 valence electrons. The lowest BCUT2D eigenvalue weighted by Crippen LogP contribution is -2.37. The van der Waals surface area contributed by atoms with E-state index < -0.39 is 0 Å². The Bertz CT molecular complexity index is 947. The zero-order valence-electron chi connectivity index (χ0n) is 18.9. The van der Waals surface area contributed by atoms with Crippen molar-refractivity contribution in [1.82, 2.24) is 4.90 Å². The molecular formula is C25H31N3O4. The molecule has 0 saturated heterocycles. The standard InChI is InChI=1S/C25H31N3O4/c1-4-32-25(31)19-8-10-20(11-9-19)26-22(29)14-15-28(21-12-13-21)16-23(30)27-24-17(2)6-5-7-18(24)3/h5-11,21H,4,12-16H2,1-3H3,(H,26,29)(H,27,30). The first-order chi connectivity index (χ1) is 15.4. The van der Waals surface area contributed by atoms with Crippen molar-refractivity contribution in [2.24, 2.45) is 0 Å². The van der Waals surface area contributed by atoms with E-state index in [0.717, 1.165) is 29.7 Å². The van der Waals surface area contributed by atoms with E-state index in [1.165, 1.54) is 0 Å². The summed E-state index contributed by atoms with van der Waals surface area (Å²) in [6.45, 7) is 6.80. The number of amides is 2. The van der Waals surface area contributed by atoms with Crippen molar-refractivity contribution >= 4 is 29.2 Å². The second-order valence-corrected chi connectivity index (χ2v) is 8.11.